The highest BCUT2D eigenvalue weighted by Gasteiger charge is 2.57. The van der Waals surface area contributed by atoms with Gasteiger partial charge in [-0.15, -0.1) is 0 Å². The SMILES string of the molecule is O=C(O)C[C@@H]1C(=O)O[C@H]2[C@H](OC(=O)c3cc(O)c(O)c(O)c3)[C@@H](OC(=O)c3cc(O)c(O)c4c3[C@H]1[C@H](O)C(=O)O4)[C@@H](OC(=O)c1cc(O)c(O)c(O)c1)O[C@@H]2COC(=O)c1cc(O)c(O)c(O)c1. The summed E-state index contributed by atoms with van der Waals surface area (Å²) in [7, 11) is 0. The molecular weight excluding hydrogens is 924 g/mol. The van der Waals surface area contributed by atoms with Crippen LogP contribution in [0.2, 0.25) is 0 Å². The second-order valence-corrected chi connectivity index (χ2v) is 14.9. The Morgan fingerprint density at radius 1 is 0.574 bits per heavy atom. The molecule has 1 saturated heterocycles. The normalized spacial score (nSPS) is 23.0. The number of aliphatic hydroxyl groups is 1. The molecule has 8 atom stereocenters. The van der Waals surface area contributed by atoms with Crippen molar-refractivity contribution >= 4 is 41.8 Å². The van der Waals surface area contributed by atoms with Crippen molar-refractivity contribution in [3.05, 3.63) is 70.3 Å². The molecule has 1 fully saturated rings. The highest BCUT2D eigenvalue weighted by atomic mass is 16.7. The maximum absolute atomic E-state index is 14.5. The Hall–Kier alpha value is -9.11. The predicted octanol–water partition coefficient (Wildman–Crippen LogP) is 0.0179. The van der Waals surface area contributed by atoms with E-state index in [1.54, 1.807) is 0 Å². The molecule has 358 valence electrons. The number of hydrogen-bond acceptors (Lipinski definition) is 26. The molecule has 7 rings (SSSR count). The maximum Gasteiger partial charge on any atom is 0.341 e. The molecule has 0 aromatic heterocycles. The Morgan fingerprint density at radius 2 is 1.04 bits per heavy atom. The third-order valence-electron chi connectivity index (χ3n) is 10.6. The number of hydrogen-bond donors (Lipinski definition) is 13. The molecule has 27 heteroatoms. The molecule has 0 aliphatic carbocycles. The zero-order valence-electron chi connectivity index (χ0n) is 33.6. The topological polar surface area (TPSA) is 447 Å². The van der Waals surface area contributed by atoms with E-state index in [4.69, 9.17) is 33.2 Å². The Labute approximate surface area is 375 Å². The number of benzene rings is 4. The molecule has 0 unspecified atom stereocenters. The number of carbonyl (C=O) groups excluding carboxylic acids is 6. The minimum Gasteiger partial charge on any atom is -0.504 e. The van der Waals surface area contributed by atoms with Gasteiger partial charge in [0, 0.05) is 11.5 Å². The van der Waals surface area contributed by atoms with Crippen LogP contribution in [0.3, 0.4) is 0 Å². The molecule has 2 bridgehead atoms. The van der Waals surface area contributed by atoms with E-state index in [1.165, 1.54) is 0 Å². The van der Waals surface area contributed by atoms with E-state index in [0.717, 1.165) is 0 Å². The minimum absolute atomic E-state index is 0.449. The molecule has 0 radical (unpaired) electrons. The summed E-state index contributed by atoms with van der Waals surface area (Å²) in [4.78, 5) is 95.4. The van der Waals surface area contributed by atoms with Crippen LogP contribution in [0.25, 0.3) is 0 Å². The number of phenols is 11. The van der Waals surface area contributed by atoms with Crippen LogP contribution >= 0.6 is 0 Å². The second-order valence-electron chi connectivity index (χ2n) is 14.9. The molecule has 68 heavy (non-hydrogen) atoms. The van der Waals surface area contributed by atoms with Crippen LogP contribution in [0.5, 0.6) is 69.0 Å². The summed E-state index contributed by atoms with van der Waals surface area (Å²) >= 11 is 0. The summed E-state index contributed by atoms with van der Waals surface area (Å²) in [5.41, 5.74) is -4.15. The van der Waals surface area contributed by atoms with Gasteiger partial charge in [0.2, 0.25) is 18.1 Å². The molecule has 0 amide bonds. The van der Waals surface area contributed by atoms with Crippen LogP contribution in [0, 0.1) is 5.92 Å². The number of carboxylic acid groups (broad SMARTS) is 1. The number of carbonyl (C=O) groups is 7. The van der Waals surface area contributed by atoms with E-state index in [9.17, 15) is 99.9 Å². The lowest BCUT2D eigenvalue weighted by atomic mass is 9.76. The van der Waals surface area contributed by atoms with Gasteiger partial charge >= 0.3 is 41.8 Å². The highest BCUT2D eigenvalue weighted by molar-refractivity contribution is 5.98. The van der Waals surface area contributed by atoms with Crippen LogP contribution in [-0.4, -0.2) is 152 Å². The van der Waals surface area contributed by atoms with E-state index in [0.29, 0.717) is 42.5 Å². The Balaban J connectivity index is 1.44. The van der Waals surface area contributed by atoms with E-state index >= 15 is 0 Å². The van der Waals surface area contributed by atoms with Crippen LogP contribution in [0.1, 0.15) is 59.3 Å². The fraction of sp³-hybridized carbons (Fsp3) is 0.244. The summed E-state index contributed by atoms with van der Waals surface area (Å²) in [6.07, 6.45) is -16.3. The third kappa shape index (κ3) is 8.58. The standard InChI is InChI=1S/C41H32O27/c42-15-1-10(2-16(43)26(15)51)35(56)62-9-22-31-33(66-36(57)11-3-17(44)27(52)18(45)4-11)34(41(63-22)68-37(58)12-5-19(46)28(53)20(47)6-12)67-38(59)13-7-21(48)29(54)32-25(13)24(30(55)40(61)65-32)14(8-23(49)50)39(60)64-31/h1-7,14,22,24,30-31,33-34,41-48,51-55H,8-9H2,(H,49,50)/t14-,22+,24-,30-,31+,33-,34+,41+/m0/s1. The predicted molar refractivity (Wildman–Crippen MR) is 207 cm³/mol. The van der Waals surface area contributed by atoms with Crippen LogP contribution in [0.15, 0.2) is 42.5 Å². The monoisotopic (exact) mass is 956 g/mol. The average molecular weight is 957 g/mol. The number of aliphatic hydroxyl groups excluding tert-OH is 1. The Morgan fingerprint density at radius 3 is 1.54 bits per heavy atom. The summed E-state index contributed by atoms with van der Waals surface area (Å²) in [6, 6.07) is 3.84. The van der Waals surface area contributed by atoms with Crippen molar-refractivity contribution in [3.8, 4) is 69.0 Å². The van der Waals surface area contributed by atoms with Gasteiger partial charge in [-0.3, -0.25) is 9.59 Å². The van der Waals surface area contributed by atoms with Crippen molar-refractivity contribution in [2.24, 2.45) is 5.92 Å². The number of fused-ring (bicyclic) bond motifs is 2. The largest absolute Gasteiger partial charge is 0.504 e. The number of carboxylic acids is 1. The van der Waals surface area contributed by atoms with Gasteiger partial charge in [0.05, 0.1) is 34.6 Å². The van der Waals surface area contributed by atoms with Gasteiger partial charge < -0.3 is 99.5 Å². The quantitative estimate of drug-likeness (QED) is 0.0455. The fourth-order valence-electron chi connectivity index (χ4n) is 7.37. The number of aromatic hydroxyl groups is 11. The number of aliphatic carboxylic acids is 1. The van der Waals surface area contributed by atoms with Gasteiger partial charge in [0.15, 0.2) is 81.6 Å². The fourth-order valence-corrected chi connectivity index (χ4v) is 7.37. The summed E-state index contributed by atoms with van der Waals surface area (Å²) in [5.74, 6) is -29.8. The molecule has 3 aliphatic heterocycles. The van der Waals surface area contributed by atoms with Crippen molar-refractivity contribution in [1.82, 2.24) is 0 Å². The number of esters is 6. The number of rotatable bonds is 9. The molecular formula is C41H32O27. The lowest BCUT2D eigenvalue weighted by Crippen LogP contribution is -2.63. The smallest absolute Gasteiger partial charge is 0.341 e. The van der Waals surface area contributed by atoms with Gasteiger partial charge in [0.1, 0.15) is 12.7 Å². The lowest BCUT2D eigenvalue weighted by Gasteiger charge is -2.44. The van der Waals surface area contributed by atoms with Crippen LogP contribution in [-0.2, 0) is 42.8 Å². The summed E-state index contributed by atoms with van der Waals surface area (Å²) in [5, 5.41) is 133. The minimum atomic E-state index is -2.57. The van der Waals surface area contributed by atoms with Crippen molar-refractivity contribution in [2.45, 2.75) is 49.1 Å². The molecule has 4 aromatic rings. The van der Waals surface area contributed by atoms with Gasteiger partial charge in [-0.1, -0.05) is 0 Å². The van der Waals surface area contributed by atoms with E-state index in [-0.39, 0.29) is 0 Å². The van der Waals surface area contributed by atoms with Crippen molar-refractivity contribution in [3.63, 3.8) is 0 Å². The number of ether oxygens (including phenoxy) is 7. The molecule has 0 saturated carbocycles. The first-order chi connectivity index (χ1) is 32.0. The first-order valence-corrected chi connectivity index (χ1v) is 19.1. The van der Waals surface area contributed by atoms with Gasteiger partial charge in [-0.2, -0.15) is 0 Å². The zero-order valence-corrected chi connectivity index (χ0v) is 33.6. The van der Waals surface area contributed by atoms with Crippen LogP contribution < -0.4 is 4.74 Å². The lowest BCUT2D eigenvalue weighted by molar-refractivity contribution is -0.287. The highest BCUT2D eigenvalue weighted by Crippen LogP contribution is 2.51. The second kappa shape index (κ2) is 17.7. The molecule has 27 nitrogen and oxygen atoms in total. The van der Waals surface area contributed by atoms with Crippen molar-refractivity contribution in [1.29, 1.82) is 0 Å². The Kier molecular flexibility index (Phi) is 12.2. The van der Waals surface area contributed by atoms with Crippen molar-refractivity contribution in [2.75, 3.05) is 6.61 Å². The number of phenolic OH excluding ortho intramolecular Hbond substituents is 11. The Bertz CT molecular complexity index is 2750. The van der Waals surface area contributed by atoms with E-state index < -0.39 is 200 Å². The van der Waals surface area contributed by atoms with Gasteiger partial charge in [-0.05, 0) is 42.5 Å². The summed E-state index contributed by atoms with van der Waals surface area (Å²) in [6.45, 7) is -1.28. The molecule has 13 N–H and O–H groups in total. The zero-order chi connectivity index (χ0) is 49.8. The third-order valence-corrected chi connectivity index (χ3v) is 10.6. The van der Waals surface area contributed by atoms with Crippen molar-refractivity contribution < 1.29 is 133 Å². The van der Waals surface area contributed by atoms with E-state index in [1.807, 2.05) is 0 Å². The summed E-state index contributed by atoms with van der Waals surface area (Å²) < 4.78 is 38.6. The van der Waals surface area contributed by atoms with Gasteiger partial charge in [-0.25, -0.2) is 24.0 Å². The van der Waals surface area contributed by atoms with Gasteiger partial charge in [0.25, 0.3) is 0 Å². The average Bonchev–Trinajstić information content (AvgIpc) is 3.28. The molecule has 3 aliphatic rings. The first-order valence-electron chi connectivity index (χ1n) is 19.1. The maximum atomic E-state index is 14.5. The van der Waals surface area contributed by atoms with Crippen LogP contribution in [0.4, 0.5) is 0 Å². The first kappa shape index (κ1) is 46.9. The van der Waals surface area contributed by atoms with E-state index in [2.05, 4.69) is 0 Å². The molecule has 4 aromatic carbocycles. The molecule has 3 heterocycles. The molecule has 0 spiro atoms.